The lowest BCUT2D eigenvalue weighted by molar-refractivity contribution is 0.00694. The first-order valence-electron chi connectivity index (χ1n) is 4.28. The molecule has 0 atom stereocenters. The zero-order chi connectivity index (χ0) is 10.8. The first-order valence-corrected chi connectivity index (χ1v) is 6.75. The third-order valence-electron chi connectivity index (χ3n) is 1.50. The number of ether oxygens (including phenoxy) is 1. The fourth-order valence-electron chi connectivity index (χ4n) is 0.939. The van der Waals surface area contributed by atoms with Crippen LogP contribution in [0.2, 0.25) is 0 Å². The quantitative estimate of drug-likeness (QED) is 0.472. The third-order valence-corrected chi connectivity index (χ3v) is 3.12. The molecule has 1 rings (SSSR count). The lowest BCUT2D eigenvalue weighted by atomic mass is 10.2. The van der Waals surface area contributed by atoms with Crippen molar-refractivity contribution in [2.45, 2.75) is 30.8 Å². The van der Waals surface area contributed by atoms with Crippen molar-refractivity contribution in [2.24, 2.45) is 0 Å². The predicted octanol–water partition coefficient (Wildman–Crippen LogP) is 3.64. The van der Waals surface area contributed by atoms with Gasteiger partial charge in [-0.2, -0.15) is 11.3 Å². The summed E-state index contributed by atoms with van der Waals surface area (Å²) >= 11 is 3.78. The van der Waals surface area contributed by atoms with Gasteiger partial charge in [-0.3, -0.25) is 0 Å². The third kappa shape index (κ3) is 3.24. The summed E-state index contributed by atoms with van der Waals surface area (Å²) < 4.78 is 6.13. The molecule has 78 valence electrons. The van der Waals surface area contributed by atoms with Crippen LogP contribution in [0.15, 0.2) is 10.8 Å². The van der Waals surface area contributed by atoms with Crippen molar-refractivity contribution in [1.82, 2.24) is 0 Å². The van der Waals surface area contributed by atoms with E-state index >= 15 is 0 Å². The van der Waals surface area contributed by atoms with Crippen LogP contribution in [0.3, 0.4) is 0 Å². The van der Waals surface area contributed by atoms with Gasteiger partial charge in [-0.25, -0.2) is 4.79 Å². The van der Waals surface area contributed by atoms with Gasteiger partial charge in [0.25, 0.3) is 0 Å². The Balaban J connectivity index is 2.80. The number of rotatable bonds is 2. The first-order chi connectivity index (χ1) is 6.44. The van der Waals surface area contributed by atoms with Crippen molar-refractivity contribution < 1.29 is 9.53 Å². The maximum atomic E-state index is 11.7. The second-order valence-corrected chi connectivity index (χ2v) is 5.45. The summed E-state index contributed by atoms with van der Waals surface area (Å²) in [7, 11) is 0. The molecular weight excluding hydrogens is 311 g/mol. The molecule has 0 saturated heterocycles. The van der Waals surface area contributed by atoms with Gasteiger partial charge in [-0.05, 0) is 31.7 Å². The number of carbonyl (C=O) groups is 1. The van der Waals surface area contributed by atoms with E-state index in [0.29, 0.717) is 5.56 Å². The molecule has 0 bridgehead atoms. The van der Waals surface area contributed by atoms with Crippen molar-refractivity contribution in [3.63, 3.8) is 0 Å². The van der Waals surface area contributed by atoms with Crippen LogP contribution >= 0.6 is 33.9 Å². The SMILES string of the molecule is CC(C)(C)OC(=O)c1cscc1CI. The highest BCUT2D eigenvalue weighted by atomic mass is 127. The summed E-state index contributed by atoms with van der Waals surface area (Å²) in [6.07, 6.45) is 0. The van der Waals surface area contributed by atoms with Gasteiger partial charge in [0, 0.05) is 9.81 Å². The Hall–Kier alpha value is -0.100. The largest absolute Gasteiger partial charge is 0.456 e. The van der Waals surface area contributed by atoms with Gasteiger partial charge in [0.05, 0.1) is 5.56 Å². The topological polar surface area (TPSA) is 26.3 Å². The number of esters is 1. The van der Waals surface area contributed by atoms with E-state index in [-0.39, 0.29) is 5.97 Å². The van der Waals surface area contributed by atoms with Crippen LogP contribution in [-0.4, -0.2) is 11.6 Å². The Morgan fingerprint density at radius 3 is 2.64 bits per heavy atom. The summed E-state index contributed by atoms with van der Waals surface area (Å²) in [4.78, 5) is 11.7. The van der Waals surface area contributed by atoms with Gasteiger partial charge in [0.15, 0.2) is 0 Å². The number of hydrogen-bond acceptors (Lipinski definition) is 3. The molecule has 2 nitrogen and oxygen atoms in total. The standard InChI is InChI=1S/C10H13IO2S/c1-10(2,3)13-9(12)8-6-14-5-7(8)4-11/h5-6H,4H2,1-3H3. The molecule has 0 unspecified atom stereocenters. The molecule has 0 aliphatic heterocycles. The molecule has 0 amide bonds. The van der Waals surface area contributed by atoms with E-state index in [1.165, 1.54) is 11.3 Å². The van der Waals surface area contributed by atoms with Gasteiger partial charge in [-0.1, -0.05) is 22.6 Å². The first kappa shape index (κ1) is 12.0. The molecule has 0 aliphatic rings. The highest BCUT2D eigenvalue weighted by Gasteiger charge is 2.20. The van der Waals surface area contributed by atoms with Crippen LogP contribution in [0.4, 0.5) is 0 Å². The smallest absolute Gasteiger partial charge is 0.339 e. The highest BCUT2D eigenvalue weighted by molar-refractivity contribution is 14.1. The summed E-state index contributed by atoms with van der Waals surface area (Å²) in [6, 6.07) is 0. The van der Waals surface area contributed by atoms with Crippen LogP contribution in [0.25, 0.3) is 0 Å². The van der Waals surface area contributed by atoms with Crippen molar-refractivity contribution in [3.05, 3.63) is 21.9 Å². The molecular formula is C10H13IO2S. The molecule has 0 N–H and O–H groups in total. The Bertz CT molecular complexity index is 325. The van der Waals surface area contributed by atoms with Crippen molar-refractivity contribution in [3.8, 4) is 0 Å². The summed E-state index contributed by atoms with van der Waals surface area (Å²) in [5, 5.41) is 3.84. The van der Waals surface area contributed by atoms with E-state index in [4.69, 9.17) is 4.74 Å². The van der Waals surface area contributed by atoms with Crippen LogP contribution in [0.5, 0.6) is 0 Å². The molecule has 0 aromatic carbocycles. The Morgan fingerprint density at radius 1 is 1.50 bits per heavy atom. The van der Waals surface area contributed by atoms with E-state index in [1.807, 2.05) is 31.5 Å². The Morgan fingerprint density at radius 2 is 2.14 bits per heavy atom. The van der Waals surface area contributed by atoms with E-state index in [1.54, 1.807) is 0 Å². The van der Waals surface area contributed by atoms with E-state index < -0.39 is 5.60 Å². The number of hydrogen-bond donors (Lipinski definition) is 0. The van der Waals surface area contributed by atoms with E-state index in [0.717, 1.165) is 9.99 Å². The van der Waals surface area contributed by atoms with Gasteiger partial charge in [-0.15, -0.1) is 0 Å². The van der Waals surface area contributed by atoms with Crippen molar-refractivity contribution in [1.29, 1.82) is 0 Å². The summed E-state index contributed by atoms with van der Waals surface area (Å²) in [5.74, 6) is -0.217. The Labute approximate surface area is 102 Å². The molecule has 4 heteroatoms. The Kier molecular flexibility index (Phi) is 3.94. The monoisotopic (exact) mass is 324 g/mol. The maximum Gasteiger partial charge on any atom is 0.339 e. The highest BCUT2D eigenvalue weighted by Crippen LogP contribution is 2.21. The zero-order valence-corrected chi connectivity index (χ0v) is 11.4. The average Bonchev–Trinajstić information content (AvgIpc) is 2.47. The van der Waals surface area contributed by atoms with Gasteiger partial charge >= 0.3 is 5.97 Å². The summed E-state index contributed by atoms with van der Waals surface area (Å²) in [6.45, 7) is 5.63. The van der Waals surface area contributed by atoms with E-state index in [2.05, 4.69) is 22.6 Å². The molecule has 0 saturated carbocycles. The van der Waals surface area contributed by atoms with Crippen LogP contribution < -0.4 is 0 Å². The van der Waals surface area contributed by atoms with Gasteiger partial charge < -0.3 is 4.74 Å². The average molecular weight is 324 g/mol. The van der Waals surface area contributed by atoms with E-state index in [9.17, 15) is 4.79 Å². The lowest BCUT2D eigenvalue weighted by Gasteiger charge is -2.19. The molecule has 1 aromatic heterocycles. The normalized spacial score (nSPS) is 11.4. The minimum absolute atomic E-state index is 0.217. The molecule has 1 aromatic rings. The number of alkyl halides is 1. The number of carbonyl (C=O) groups excluding carboxylic acids is 1. The second kappa shape index (κ2) is 4.61. The van der Waals surface area contributed by atoms with Crippen LogP contribution in [0.1, 0.15) is 36.7 Å². The van der Waals surface area contributed by atoms with Crippen molar-refractivity contribution >= 4 is 39.9 Å². The molecule has 0 spiro atoms. The maximum absolute atomic E-state index is 11.7. The zero-order valence-electron chi connectivity index (χ0n) is 8.46. The van der Waals surface area contributed by atoms with Crippen LogP contribution in [0, 0.1) is 0 Å². The minimum Gasteiger partial charge on any atom is -0.456 e. The number of halogens is 1. The van der Waals surface area contributed by atoms with Gasteiger partial charge in [0.2, 0.25) is 0 Å². The molecule has 14 heavy (non-hydrogen) atoms. The van der Waals surface area contributed by atoms with Crippen molar-refractivity contribution in [2.75, 3.05) is 0 Å². The van der Waals surface area contributed by atoms with Gasteiger partial charge in [0.1, 0.15) is 5.60 Å². The molecule has 0 radical (unpaired) electrons. The molecule has 0 aliphatic carbocycles. The number of thiophene rings is 1. The molecule has 0 fully saturated rings. The minimum atomic E-state index is -0.415. The lowest BCUT2D eigenvalue weighted by Crippen LogP contribution is -2.24. The fourth-order valence-corrected chi connectivity index (χ4v) is 2.70. The fraction of sp³-hybridized carbons (Fsp3) is 0.500. The predicted molar refractivity (Wildman–Crippen MR) is 67.2 cm³/mol. The van der Waals surface area contributed by atoms with Crippen LogP contribution in [-0.2, 0) is 9.16 Å². The summed E-state index contributed by atoms with van der Waals surface area (Å²) in [5.41, 5.74) is 1.35. The second-order valence-electron chi connectivity index (χ2n) is 3.95. The molecule has 1 heterocycles.